The fourth-order valence-corrected chi connectivity index (χ4v) is 2.45. The second-order valence-electron chi connectivity index (χ2n) is 5.02. The second kappa shape index (κ2) is 5.61. The molecule has 1 aliphatic rings. The van der Waals surface area contributed by atoms with Crippen LogP contribution in [-0.2, 0) is 16.0 Å². The number of halogens is 1. The van der Waals surface area contributed by atoms with E-state index in [1.807, 2.05) is 6.07 Å². The van der Waals surface area contributed by atoms with E-state index >= 15 is 0 Å². The summed E-state index contributed by atoms with van der Waals surface area (Å²) in [5.41, 5.74) is 0.0762. The van der Waals surface area contributed by atoms with Gasteiger partial charge in [0.2, 0.25) is 5.91 Å². The smallest absolute Gasteiger partial charge is 0.311 e. The number of carbonyl (C=O) groups is 2. The van der Waals surface area contributed by atoms with Crippen LogP contribution in [0.4, 0.5) is 0 Å². The molecule has 0 radical (unpaired) electrons. The molecule has 1 amide bonds. The lowest BCUT2D eigenvalue weighted by Gasteiger charge is -2.37. The van der Waals surface area contributed by atoms with Gasteiger partial charge in [-0.05, 0) is 30.5 Å². The van der Waals surface area contributed by atoms with Crippen LogP contribution in [0.1, 0.15) is 24.8 Å². The van der Waals surface area contributed by atoms with Gasteiger partial charge in [0.25, 0.3) is 0 Å². The molecule has 0 atom stereocenters. The highest BCUT2D eigenvalue weighted by Crippen LogP contribution is 2.40. The summed E-state index contributed by atoms with van der Waals surface area (Å²) in [6, 6.07) is 7.09. The SMILES string of the molecule is O=C(Cc1cccc(Cl)c1)NCC1(C(=O)O)CCC1. The van der Waals surface area contributed by atoms with Gasteiger partial charge in [-0.25, -0.2) is 0 Å². The lowest BCUT2D eigenvalue weighted by atomic mass is 9.69. The first-order valence-corrected chi connectivity index (χ1v) is 6.64. The summed E-state index contributed by atoms with van der Waals surface area (Å²) < 4.78 is 0. The van der Waals surface area contributed by atoms with E-state index in [1.165, 1.54) is 0 Å². The van der Waals surface area contributed by atoms with Crippen molar-refractivity contribution in [1.29, 1.82) is 0 Å². The fraction of sp³-hybridized carbons (Fsp3) is 0.429. The molecule has 19 heavy (non-hydrogen) atoms. The molecule has 102 valence electrons. The maximum Gasteiger partial charge on any atom is 0.311 e. The number of hydrogen-bond donors (Lipinski definition) is 2. The van der Waals surface area contributed by atoms with Crippen LogP contribution in [0.3, 0.4) is 0 Å². The van der Waals surface area contributed by atoms with Crippen LogP contribution in [0.25, 0.3) is 0 Å². The van der Waals surface area contributed by atoms with Crippen molar-refractivity contribution in [2.75, 3.05) is 6.54 Å². The van der Waals surface area contributed by atoms with Gasteiger partial charge in [0.05, 0.1) is 11.8 Å². The molecular weight excluding hydrogens is 266 g/mol. The van der Waals surface area contributed by atoms with Crippen LogP contribution in [0, 0.1) is 5.41 Å². The average Bonchev–Trinajstić information content (AvgIpc) is 2.26. The fourth-order valence-electron chi connectivity index (χ4n) is 2.23. The molecule has 1 fully saturated rings. The zero-order valence-corrected chi connectivity index (χ0v) is 11.2. The quantitative estimate of drug-likeness (QED) is 0.870. The molecule has 1 saturated carbocycles. The van der Waals surface area contributed by atoms with Gasteiger partial charge in [-0.15, -0.1) is 0 Å². The number of amides is 1. The minimum absolute atomic E-state index is 0.171. The highest BCUT2D eigenvalue weighted by Gasteiger charge is 2.44. The van der Waals surface area contributed by atoms with E-state index in [0.717, 1.165) is 12.0 Å². The number of benzene rings is 1. The molecule has 1 aliphatic carbocycles. The van der Waals surface area contributed by atoms with Crippen molar-refractivity contribution in [1.82, 2.24) is 5.32 Å². The lowest BCUT2D eigenvalue weighted by molar-refractivity contribution is -0.154. The molecule has 0 aliphatic heterocycles. The number of aliphatic carboxylic acids is 1. The van der Waals surface area contributed by atoms with E-state index < -0.39 is 11.4 Å². The van der Waals surface area contributed by atoms with E-state index in [9.17, 15) is 9.59 Å². The Morgan fingerprint density at radius 3 is 2.63 bits per heavy atom. The van der Waals surface area contributed by atoms with Crippen LogP contribution in [0.5, 0.6) is 0 Å². The molecule has 0 heterocycles. The molecule has 0 bridgehead atoms. The Balaban J connectivity index is 1.87. The van der Waals surface area contributed by atoms with Crippen molar-refractivity contribution in [3.63, 3.8) is 0 Å². The third-order valence-electron chi connectivity index (χ3n) is 3.64. The minimum atomic E-state index is -0.818. The van der Waals surface area contributed by atoms with Gasteiger partial charge in [0, 0.05) is 11.6 Å². The van der Waals surface area contributed by atoms with Crippen molar-refractivity contribution >= 4 is 23.5 Å². The monoisotopic (exact) mass is 281 g/mol. The van der Waals surface area contributed by atoms with E-state index in [0.29, 0.717) is 17.9 Å². The summed E-state index contributed by atoms with van der Waals surface area (Å²) in [5.74, 6) is -0.989. The third-order valence-corrected chi connectivity index (χ3v) is 3.88. The van der Waals surface area contributed by atoms with Crippen molar-refractivity contribution in [3.8, 4) is 0 Å². The largest absolute Gasteiger partial charge is 0.481 e. The number of carbonyl (C=O) groups excluding carboxylic acids is 1. The van der Waals surface area contributed by atoms with E-state index in [-0.39, 0.29) is 18.9 Å². The lowest BCUT2D eigenvalue weighted by Crippen LogP contribution is -2.47. The van der Waals surface area contributed by atoms with Crippen LogP contribution in [-0.4, -0.2) is 23.5 Å². The first kappa shape index (κ1) is 13.9. The zero-order valence-electron chi connectivity index (χ0n) is 10.5. The van der Waals surface area contributed by atoms with Crippen LogP contribution < -0.4 is 5.32 Å². The zero-order chi connectivity index (χ0) is 13.9. The van der Waals surface area contributed by atoms with E-state index in [2.05, 4.69) is 5.32 Å². The summed E-state index contributed by atoms with van der Waals surface area (Å²) in [4.78, 5) is 22.9. The Morgan fingerprint density at radius 1 is 1.37 bits per heavy atom. The topological polar surface area (TPSA) is 66.4 Å². The molecule has 4 nitrogen and oxygen atoms in total. The highest BCUT2D eigenvalue weighted by molar-refractivity contribution is 6.30. The van der Waals surface area contributed by atoms with Gasteiger partial charge >= 0.3 is 5.97 Å². The Morgan fingerprint density at radius 2 is 2.11 bits per heavy atom. The van der Waals surface area contributed by atoms with Crippen LogP contribution in [0.15, 0.2) is 24.3 Å². The summed E-state index contributed by atoms with van der Waals surface area (Å²) in [6.07, 6.45) is 2.41. The van der Waals surface area contributed by atoms with Crippen molar-refractivity contribution in [3.05, 3.63) is 34.9 Å². The summed E-state index contributed by atoms with van der Waals surface area (Å²) in [6.45, 7) is 0.210. The van der Waals surface area contributed by atoms with Crippen molar-refractivity contribution < 1.29 is 14.7 Å². The molecule has 1 aromatic carbocycles. The Bertz CT molecular complexity index is 497. The number of nitrogens with one attached hydrogen (secondary N) is 1. The number of carboxylic acids is 1. The third kappa shape index (κ3) is 3.26. The maximum absolute atomic E-state index is 11.8. The molecule has 0 unspecified atom stereocenters. The normalized spacial score (nSPS) is 16.5. The van der Waals surface area contributed by atoms with Crippen LogP contribution >= 0.6 is 11.6 Å². The Labute approximate surface area is 116 Å². The van der Waals surface area contributed by atoms with E-state index in [4.69, 9.17) is 16.7 Å². The number of rotatable bonds is 5. The van der Waals surface area contributed by atoms with Crippen LogP contribution in [0.2, 0.25) is 5.02 Å². The predicted molar refractivity (Wildman–Crippen MR) is 72.1 cm³/mol. The molecule has 5 heteroatoms. The van der Waals surface area contributed by atoms with Gasteiger partial charge in [0.1, 0.15) is 0 Å². The van der Waals surface area contributed by atoms with Gasteiger partial charge in [-0.2, -0.15) is 0 Å². The standard InChI is InChI=1S/C14H16ClNO3/c15-11-4-1-3-10(7-11)8-12(17)16-9-14(13(18)19)5-2-6-14/h1,3-4,7H,2,5-6,8-9H2,(H,16,17)(H,18,19). The van der Waals surface area contributed by atoms with Gasteiger partial charge in [0.15, 0.2) is 0 Å². The average molecular weight is 282 g/mol. The van der Waals surface area contributed by atoms with Crippen molar-refractivity contribution in [2.45, 2.75) is 25.7 Å². The summed E-state index contributed by atoms with van der Waals surface area (Å²) in [7, 11) is 0. The molecule has 0 aromatic heterocycles. The Kier molecular flexibility index (Phi) is 4.10. The maximum atomic E-state index is 11.8. The molecule has 2 rings (SSSR count). The minimum Gasteiger partial charge on any atom is -0.481 e. The van der Waals surface area contributed by atoms with Gasteiger partial charge < -0.3 is 10.4 Å². The molecular formula is C14H16ClNO3. The Hall–Kier alpha value is -1.55. The van der Waals surface area contributed by atoms with Crippen molar-refractivity contribution in [2.24, 2.45) is 5.41 Å². The summed E-state index contributed by atoms with van der Waals surface area (Å²) in [5, 5.41) is 12.5. The van der Waals surface area contributed by atoms with E-state index in [1.54, 1.807) is 18.2 Å². The van der Waals surface area contributed by atoms with Gasteiger partial charge in [-0.3, -0.25) is 9.59 Å². The number of carboxylic acid groups (broad SMARTS) is 1. The summed E-state index contributed by atoms with van der Waals surface area (Å²) >= 11 is 5.84. The second-order valence-corrected chi connectivity index (χ2v) is 5.46. The molecule has 2 N–H and O–H groups in total. The number of hydrogen-bond acceptors (Lipinski definition) is 2. The predicted octanol–water partition coefficient (Wildman–Crippen LogP) is 2.25. The molecule has 1 aromatic rings. The first-order chi connectivity index (χ1) is 9.02. The molecule has 0 saturated heterocycles. The van der Waals surface area contributed by atoms with Gasteiger partial charge in [-0.1, -0.05) is 30.2 Å². The molecule has 0 spiro atoms. The highest BCUT2D eigenvalue weighted by atomic mass is 35.5. The first-order valence-electron chi connectivity index (χ1n) is 6.26.